The van der Waals surface area contributed by atoms with E-state index in [9.17, 15) is 9.90 Å². The van der Waals surface area contributed by atoms with Crippen LogP contribution in [-0.2, 0) is 13.5 Å². The van der Waals surface area contributed by atoms with Crippen molar-refractivity contribution in [3.05, 3.63) is 17.0 Å². The standard InChI is InChI=1S/C17H32N4O2/c1-11(8-15-13(3)20-21(7)14(15)4)19-16(23)18-10-17(5,6)9-12(2)22/h11-12,22H,8-10H2,1-7H3,(H2,18,19,23). The lowest BCUT2D eigenvalue weighted by atomic mass is 9.87. The Morgan fingerprint density at radius 3 is 2.43 bits per heavy atom. The summed E-state index contributed by atoms with van der Waals surface area (Å²) in [5, 5.41) is 19.7. The molecule has 6 heteroatoms. The minimum absolute atomic E-state index is 0.0245. The molecule has 23 heavy (non-hydrogen) atoms. The number of nitrogens with zero attached hydrogens (tertiary/aromatic N) is 2. The molecule has 0 saturated heterocycles. The van der Waals surface area contributed by atoms with Crippen LogP contribution < -0.4 is 10.6 Å². The number of aromatic nitrogens is 2. The first-order valence-electron chi connectivity index (χ1n) is 8.23. The summed E-state index contributed by atoms with van der Waals surface area (Å²) in [7, 11) is 1.93. The fourth-order valence-corrected chi connectivity index (χ4v) is 2.94. The van der Waals surface area contributed by atoms with E-state index in [0.29, 0.717) is 13.0 Å². The number of nitrogens with one attached hydrogen (secondary N) is 2. The molecule has 0 aromatic carbocycles. The van der Waals surface area contributed by atoms with Crippen LogP contribution in [0.25, 0.3) is 0 Å². The predicted octanol–water partition coefficient (Wildman–Crippen LogP) is 2.06. The van der Waals surface area contributed by atoms with Gasteiger partial charge in [-0.05, 0) is 51.5 Å². The van der Waals surface area contributed by atoms with Crippen LogP contribution in [0.2, 0.25) is 0 Å². The number of aliphatic hydroxyl groups is 1. The van der Waals surface area contributed by atoms with Gasteiger partial charge in [-0.1, -0.05) is 13.8 Å². The number of amides is 2. The fraction of sp³-hybridized carbons (Fsp3) is 0.765. The molecule has 0 spiro atoms. The molecule has 0 saturated carbocycles. The van der Waals surface area contributed by atoms with Gasteiger partial charge in [0.2, 0.25) is 0 Å². The Balaban J connectivity index is 2.48. The summed E-state index contributed by atoms with van der Waals surface area (Å²) < 4.78 is 1.87. The van der Waals surface area contributed by atoms with Gasteiger partial charge >= 0.3 is 6.03 Å². The van der Waals surface area contributed by atoms with Gasteiger partial charge in [-0.25, -0.2) is 4.79 Å². The van der Waals surface area contributed by atoms with Crippen LogP contribution in [0.4, 0.5) is 4.79 Å². The van der Waals surface area contributed by atoms with Crippen LogP contribution in [-0.4, -0.2) is 39.6 Å². The van der Waals surface area contributed by atoms with Crippen LogP contribution in [0.3, 0.4) is 0 Å². The highest BCUT2D eigenvalue weighted by molar-refractivity contribution is 5.74. The number of carbonyl (C=O) groups is 1. The van der Waals surface area contributed by atoms with Gasteiger partial charge in [0, 0.05) is 25.3 Å². The molecule has 0 aliphatic rings. The van der Waals surface area contributed by atoms with Crippen molar-refractivity contribution in [2.24, 2.45) is 12.5 Å². The Morgan fingerprint density at radius 2 is 1.96 bits per heavy atom. The Labute approximate surface area is 139 Å². The van der Waals surface area contributed by atoms with Gasteiger partial charge in [0.1, 0.15) is 0 Å². The molecule has 2 unspecified atom stereocenters. The molecule has 0 fully saturated rings. The zero-order valence-electron chi connectivity index (χ0n) is 15.5. The van der Waals surface area contributed by atoms with Crippen molar-refractivity contribution < 1.29 is 9.90 Å². The van der Waals surface area contributed by atoms with Crippen molar-refractivity contribution in [2.45, 2.75) is 66.5 Å². The highest BCUT2D eigenvalue weighted by atomic mass is 16.3. The topological polar surface area (TPSA) is 79.2 Å². The number of hydrogen-bond donors (Lipinski definition) is 3. The molecule has 132 valence electrons. The Bertz CT molecular complexity index is 535. The number of aryl methyl sites for hydroxylation is 2. The van der Waals surface area contributed by atoms with Gasteiger partial charge in [-0.3, -0.25) is 4.68 Å². The lowest BCUT2D eigenvalue weighted by molar-refractivity contribution is 0.128. The molecule has 1 rings (SSSR count). The van der Waals surface area contributed by atoms with Crippen LogP contribution >= 0.6 is 0 Å². The van der Waals surface area contributed by atoms with Crippen molar-refractivity contribution in [2.75, 3.05) is 6.54 Å². The normalized spacial score (nSPS) is 14.4. The minimum Gasteiger partial charge on any atom is -0.393 e. The lowest BCUT2D eigenvalue weighted by Crippen LogP contribution is -2.45. The molecule has 2 amide bonds. The highest BCUT2D eigenvalue weighted by Crippen LogP contribution is 2.21. The fourth-order valence-electron chi connectivity index (χ4n) is 2.94. The van der Waals surface area contributed by atoms with Gasteiger partial charge in [-0.2, -0.15) is 5.10 Å². The quantitative estimate of drug-likeness (QED) is 0.718. The first kappa shape index (κ1) is 19.5. The minimum atomic E-state index is -0.370. The zero-order chi connectivity index (χ0) is 17.8. The largest absolute Gasteiger partial charge is 0.393 e. The maximum atomic E-state index is 12.0. The summed E-state index contributed by atoms with van der Waals surface area (Å²) in [6.45, 7) is 12.4. The van der Waals surface area contributed by atoms with E-state index in [1.54, 1.807) is 6.92 Å². The van der Waals surface area contributed by atoms with E-state index in [1.165, 1.54) is 5.56 Å². The molecule has 2 atom stereocenters. The number of carbonyl (C=O) groups excluding carboxylic acids is 1. The maximum absolute atomic E-state index is 12.0. The summed E-state index contributed by atoms with van der Waals surface area (Å²) in [6.07, 6.45) is 1.04. The van der Waals surface area contributed by atoms with Gasteiger partial charge in [0.25, 0.3) is 0 Å². The Kier molecular flexibility index (Phi) is 6.62. The summed E-state index contributed by atoms with van der Waals surface area (Å²) in [4.78, 5) is 12.0. The Morgan fingerprint density at radius 1 is 1.35 bits per heavy atom. The van der Waals surface area contributed by atoms with Crippen LogP contribution in [0, 0.1) is 19.3 Å². The second kappa shape index (κ2) is 7.81. The van der Waals surface area contributed by atoms with Gasteiger partial charge in [-0.15, -0.1) is 0 Å². The van der Waals surface area contributed by atoms with Crippen LogP contribution in [0.15, 0.2) is 0 Å². The molecular formula is C17H32N4O2. The smallest absolute Gasteiger partial charge is 0.315 e. The average Bonchev–Trinajstić information content (AvgIpc) is 2.62. The third kappa shape index (κ3) is 6.22. The zero-order valence-corrected chi connectivity index (χ0v) is 15.5. The molecule has 1 aromatic heterocycles. The first-order chi connectivity index (χ1) is 10.5. The van der Waals surface area contributed by atoms with E-state index >= 15 is 0 Å². The molecule has 6 nitrogen and oxygen atoms in total. The SMILES string of the molecule is Cc1nn(C)c(C)c1CC(C)NC(=O)NCC(C)(C)CC(C)O. The van der Waals surface area contributed by atoms with E-state index in [-0.39, 0.29) is 23.6 Å². The molecule has 0 aliphatic carbocycles. The van der Waals surface area contributed by atoms with E-state index in [1.807, 2.05) is 46.3 Å². The maximum Gasteiger partial charge on any atom is 0.315 e. The summed E-state index contributed by atoms with van der Waals surface area (Å²) in [5.41, 5.74) is 3.20. The van der Waals surface area contributed by atoms with Crippen LogP contribution in [0.1, 0.15) is 51.1 Å². The molecule has 0 aliphatic heterocycles. The van der Waals surface area contributed by atoms with E-state index < -0.39 is 0 Å². The summed E-state index contributed by atoms with van der Waals surface area (Å²) in [6, 6.07) is -0.146. The van der Waals surface area contributed by atoms with Crippen molar-refractivity contribution in [3.8, 4) is 0 Å². The predicted molar refractivity (Wildman–Crippen MR) is 92.5 cm³/mol. The molecule has 0 radical (unpaired) electrons. The molecular weight excluding hydrogens is 292 g/mol. The second-order valence-electron chi connectivity index (χ2n) is 7.42. The van der Waals surface area contributed by atoms with Gasteiger partial charge in [0.15, 0.2) is 0 Å². The third-order valence-electron chi connectivity index (χ3n) is 4.12. The number of rotatable bonds is 7. The lowest BCUT2D eigenvalue weighted by Gasteiger charge is -2.27. The first-order valence-corrected chi connectivity index (χ1v) is 8.23. The number of hydrogen-bond acceptors (Lipinski definition) is 3. The average molecular weight is 324 g/mol. The number of aliphatic hydroxyl groups excluding tert-OH is 1. The Hall–Kier alpha value is -1.56. The van der Waals surface area contributed by atoms with Gasteiger partial charge < -0.3 is 15.7 Å². The van der Waals surface area contributed by atoms with Gasteiger partial charge in [0.05, 0.1) is 11.8 Å². The summed E-state index contributed by atoms with van der Waals surface area (Å²) >= 11 is 0. The van der Waals surface area contributed by atoms with E-state index in [4.69, 9.17) is 0 Å². The highest BCUT2D eigenvalue weighted by Gasteiger charge is 2.21. The summed E-state index contributed by atoms with van der Waals surface area (Å²) in [5.74, 6) is 0. The van der Waals surface area contributed by atoms with E-state index in [2.05, 4.69) is 15.7 Å². The van der Waals surface area contributed by atoms with Crippen molar-refractivity contribution >= 4 is 6.03 Å². The monoisotopic (exact) mass is 324 g/mol. The molecule has 1 heterocycles. The molecule has 3 N–H and O–H groups in total. The molecule has 1 aromatic rings. The third-order valence-corrected chi connectivity index (χ3v) is 4.12. The van der Waals surface area contributed by atoms with Crippen molar-refractivity contribution in [1.82, 2.24) is 20.4 Å². The van der Waals surface area contributed by atoms with E-state index in [0.717, 1.165) is 17.8 Å². The second-order valence-corrected chi connectivity index (χ2v) is 7.42. The van der Waals surface area contributed by atoms with Crippen LogP contribution in [0.5, 0.6) is 0 Å². The van der Waals surface area contributed by atoms with Crippen molar-refractivity contribution in [1.29, 1.82) is 0 Å². The molecule has 0 bridgehead atoms. The van der Waals surface area contributed by atoms with Crippen molar-refractivity contribution in [3.63, 3.8) is 0 Å². The number of urea groups is 1.